The van der Waals surface area contributed by atoms with E-state index in [2.05, 4.69) is 17.0 Å². The van der Waals surface area contributed by atoms with Crippen LogP contribution in [0.15, 0.2) is 54.6 Å². The van der Waals surface area contributed by atoms with E-state index < -0.39 is 5.54 Å². The summed E-state index contributed by atoms with van der Waals surface area (Å²) in [6, 6.07) is 18.0. The van der Waals surface area contributed by atoms with Gasteiger partial charge in [0.25, 0.3) is 5.91 Å². The normalized spacial score (nSPS) is 24.4. The summed E-state index contributed by atoms with van der Waals surface area (Å²) in [7, 11) is 1.83. The summed E-state index contributed by atoms with van der Waals surface area (Å²) in [4.78, 5) is 30.1. The molecule has 2 aromatic carbocycles. The van der Waals surface area contributed by atoms with E-state index in [0.717, 1.165) is 17.7 Å². The molecule has 2 aliphatic heterocycles. The standard InChI is InChI=1S/C23H26N2O3/c1-3-28-22(27)20-15-25(14-17-9-5-4-6-10-17)16-23(20)13-18-11-7-8-12-19(18)21(26)24(23)2/h4-12,20H,3,13-16H2,1-2H3/t20-,23+/m0/s1. The topological polar surface area (TPSA) is 49.9 Å². The highest BCUT2D eigenvalue weighted by atomic mass is 16.5. The average Bonchev–Trinajstić information content (AvgIpc) is 3.06. The van der Waals surface area contributed by atoms with Crippen molar-refractivity contribution in [3.63, 3.8) is 0 Å². The molecule has 2 heterocycles. The first-order valence-electron chi connectivity index (χ1n) is 9.84. The lowest BCUT2D eigenvalue weighted by Crippen LogP contribution is -2.61. The van der Waals surface area contributed by atoms with E-state index in [4.69, 9.17) is 4.74 Å². The minimum absolute atomic E-state index is 0.0160. The average molecular weight is 378 g/mol. The number of nitrogens with zero attached hydrogens (tertiary/aromatic N) is 2. The van der Waals surface area contributed by atoms with E-state index in [-0.39, 0.29) is 17.8 Å². The number of hydrogen-bond donors (Lipinski definition) is 0. The molecule has 2 atom stereocenters. The molecule has 146 valence electrons. The van der Waals surface area contributed by atoms with Gasteiger partial charge in [-0.3, -0.25) is 14.5 Å². The predicted molar refractivity (Wildman–Crippen MR) is 107 cm³/mol. The summed E-state index contributed by atoms with van der Waals surface area (Å²) in [6.07, 6.45) is 0.667. The zero-order valence-corrected chi connectivity index (χ0v) is 16.4. The summed E-state index contributed by atoms with van der Waals surface area (Å²) in [5, 5.41) is 0. The Hall–Kier alpha value is -2.66. The van der Waals surface area contributed by atoms with Gasteiger partial charge in [-0.1, -0.05) is 48.5 Å². The number of rotatable bonds is 4. The summed E-state index contributed by atoms with van der Waals surface area (Å²) in [5.41, 5.74) is 2.38. The Morgan fingerprint density at radius 3 is 2.61 bits per heavy atom. The molecule has 2 aliphatic rings. The third kappa shape index (κ3) is 3.10. The molecule has 0 radical (unpaired) electrons. The van der Waals surface area contributed by atoms with Crippen molar-refractivity contribution in [3.05, 3.63) is 71.3 Å². The van der Waals surface area contributed by atoms with Gasteiger partial charge in [0.1, 0.15) is 0 Å². The lowest BCUT2D eigenvalue weighted by Gasteiger charge is -2.45. The number of carbonyl (C=O) groups excluding carboxylic acids is 2. The number of ether oxygens (including phenoxy) is 1. The van der Waals surface area contributed by atoms with Crippen LogP contribution in [0.4, 0.5) is 0 Å². The molecule has 0 unspecified atom stereocenters. The van der Waals surface area contributed by atoms with Gasteiger partial charge in [0.05, 0.1) is 18.1 Å². The fourth-order valence-corrected chi connectivity index (χ4v) is 4.72. The Morgan fingerprint density at radius 1 is 1.14 bits per heavy atom. The third-order valence-electron chi connectivity index (χ3n) is 6.12. The van der Waals surface area contributed by atoms with E-state index in [1.807, 2.05) is 56.4 Å². The Labute approximate surface area is 165 Å². The van der Waals surface area contributed by atoms with Gasteiger partial charge in [-0.05, 0) is 30.5 Å². The van der Waals surface area contributed by atoms with Crippen molar-refractivity contribution < 1.29 is 14.3 Å². The van der Waals surface area contributed by atoms with Gasteiger partial charge >= 0.3 is 5.97 Å². The minimum atomic E-state index is -0.577. The number of likely N-dealkylation sites (tertiary alicyclic amines) is 1. The van der Waals surface area contributed by atoms with E-state index in [1.165, 1.54) is 5.56 Å². The maximum atomic E-state index is 13.1. The van der Waals surface area contributed by atoms with Crippen molar-refractivity contribution >= 4 is 11.9 Å². The zero-order valence-electron chi connectivity index (χ0n) is 16.4. The van der Waals surface area contributed by atoms with Crippen LogP contribution in [0.2, 0.25) is 0 Å². The van der Waals surface area contributed by atoms with Gasteiger partial charge in [0.15, 0.2) is 0 Å². The van der Waals surface area contributed by atoms with E-state index in [1.54, 1.807) is 4.90 Å². The molecular formula is C23H26N2O3. The van der Waals surface area contributed by atoms with Gasteiger partial charge in [0, 0.05) is 32.2 Å². The first kappa shape index (κ1) is 18.7. The Morgan fingerprint density at radius 2 is 1.86 bits per heavy atom. The molecule has 4 rings (SSSR count). The van der Waals surface area contributed by atoms with Crippen molar-refractivity contribution in [3.8, 4) is 0 Å². The van der Waals surface area contributed by atoms with Crippen molar-refractivity contribution in [1.29, 1.82) is 0 Å². The Kier molecular flexibility index (Phi) is 4.94. The quantitative estimate of drug-likeness (QED) is 0.768. The first-order valence-corrected chi connectivity index (χ1v) is 9.84. The Balaban J connectivity index is 1.69. The zero-order chi connectivity index (χ0) is 19.7. The number of esters is 1. The van der Waals surface area contributed by atoms with E-state index in [0.29, 0.717) is 26.1 Å². The van der Waals surface area contributed by atoms with Crippen molar-refractivity contribution in [1.82, 2.24) is 9.80 Å². The Bertz CT molecular complexity index is 882. The van der Waals surface area contributed by atoms with Gasteiger partial charge in [-0.25, -0.2) is 0 Å². The maximum absolute atomic E-state index is 13.1. The maximum Gasteiger partial charge on any atom is 0.312 e. The molecule has 1 fully saturated rings. The molecular weight excluding hydrogens is 352 g/mol. The van der Waals surface area contributed by atoms with Crippen LogP contribution in [0, 0.1) is 5.92 Å². The van der Waals surface area contributed by atoms with Gasteiger partial charge in [-0.2, -0.15) is 0 Å². The molecule has 5 heteroatoms. The van der Waals surface area contributed by atoms with Gasteiger partial charge in [0.2, 0.25) is 0 Å². The third-order valence-corrected chi connectivity index (χ3v) is 6.12. The molecule has 0 bridgehead atoms. The molecule has 0 aliphatic carbocycles. The summed E-state index contributed by atoms with van der Waals surface area (Å²) in [6.45, 7) is 4.17. The molecule has 28 heavy (non-hydrogen) atoms. The second-order valence-electron chi connectivity index (χ2n) is 7.76. The van der Waals surface area contributed by atoms with Crippen LogP contribution < -0.4 is 0 Å². The summed E-state index contributed by atoms with van der Waals surface area (Å²) < 4.78 is 5.42. The van der Waals surface area contributed by atoms with Crippen LogP contribution in [0.25, 0.3) is 0 Å². The molecule has 0 saturated carbocycles. The SMILES string of the molecule is CCOC(=O)[C@@H]1CN(Cc2ccccc2)C[C@]12Cc1ccccc1C(=O)N2C. The highest BCUT2D eigenvalue weighted by Gasteiger charge is 2.56. The van der Waals surface area contributed by atoms with Crippen LogP contribution in [0.1, 0.15) is 28.4 Å². The first-order chi connectivity index (χ1) is 13.5. The molecule has 2 aromatic rings. The summed E-state index contributed by atoms with van der Waals surface area (Å²) >= 11 is 0. The van der Waals surface area contributed by atoms with Crippen molar-refractivity contribution in [2.45, 2.75) is 25.4 Å². The molecule has 0 aromatic heterocycles. The largest absolute Gasteiger partial charge is 0.466 e. The predicted octanol–water partition coefficient (Wildman–Crippen LogP) is 2.75. The number of hydrogen-bond acceptors (Lipinski definition) is 4. The molecule has 5 nitrogen and oxygen atoms in total. The van der Waals surface area contributed by atoms with E-state index >= 15 is 0 Å². The molecule has 0 N–H and O–H groups in total. The second-order valence-corrected chi connectivity index (χ2v) is 7.76. The number of carbonyl (C=O) groups is 2. The second kappa shape index (κ2) is 7.40. The number of amides is 1. The van der Waals surface area contributed by atoms with Crippen LogP contribution in [0.5, 0.6) is 0 Å². The lowest BCUT2D eigenvalue weighted by molar-refractivity contribution is -0.151. The fourth-order valence-electron chi connectivity index (χ4n) is 4.72. The molecule has 1 spiro atoms. The number of benzene rings is 2. The monoisotopic (exact) mass is 378 g/mol. The molecule has 1 saturated heterocycles. The van der Waals surface area contributed by atoms with Crippen LogP contribution in [0.3, 0.4) is 0 Å². The lowest BCUT2D eigenvalue weighted by atomic mass is 9.76. The van der Waals surface area contributed by atoms with Crippen molar-refractivity contribution in [2.75, 3.05) is 26.7 Å². The van der Waals surface area contributed by atoms with Gasteiger partial charge < -0.3 is 9.64 Å². The molecule has 1 amide bonds. The minimum Gasteiger partial charge on any atom is -0.466 e. The van der Waals surface area contributed by atoms with E-state index in [9.17, 15) is 9.59 Å². The number of fused-ring (bicyclic) bond motifs is 1. The highest BCUT2D eigenvalue weighted by molar-refractivity contribution is 5.98. The highest BCUT2D eigenvalue weighted by Crippen LogP contribution is 2.41. The van der Waals surface area contributed by atoms with Crippen molar-refractivity contribution in [2.24, 2.45) is 5.92 Å². The van der Waals surface area contributed by atoms with Crippen LogP contribution in [-0.4, -0.2) is 54.0 Å². The van der Waals surface area contributed by atoms with Crippen LogP contribution >= 0.6 is 0 Å². The van der Waals surface area contributed by atoms with Crippen LogP contribution in [-0.2, 0) is 22.5 Å². The smallest absolute Gasteiger partial charge is 0.312 e. The summed E-state index contributed by atoms with van der Waals surface area (Å²) in [5.74, 6) is -0.590. The van der Waals surface area contributed by atoms with Gasteiger partial charge in [-0.15, -0.1) is 0 Å². The number of likely N-dealkylation sites (N-methyl/N-ethyl adjacent to an activating group) is 1. The fraction of sp³-hybridized carbons (Fsp3) is 0.391.